The molecule has 1 aromatic rings. The number of carboxylic acids is 1. The zero-order valence-corrected chi connectivity index (χ0v) is 7.79. The standard InChI is InChI=1S/C9H10ClNO2/c10-8-6-7(4-5-11-8)2-1-3-9(12)13/h4-6H,1-3H2,(H,12,13). The second-order valence-corrected chi connectivity index (χ2v) is 3.12. The summed E-state index contributed by atoms with van der Waals surface area (Å²) in [7, 11) is 0. The number of aliphatic carboxylic acids is 1. The third-order valence-electron chi connectivity index (χ3n) is 1.65. The Morgan fingerprint density at radius 1 is 1.62 bits per heavy atom. The minimum Gasteiger partial charge on any atom is -0.481 e. The highest BCUT2D eigenvalue weighted by molar-refractivity contribution is 6.29. The lowest BCUT2D eigenvalue weighted by molar-refractivity contribution is -0.137. The van der Waals surface area contributed by atoms with E-state index < -0.39 is 5.97 Å². The van der Waals surface area contributed by atoms with E-state index in [1.54, 1.807) is 12.3 Å². The van der Waals surface area contributed by atoms with Crippen LogP contribution in [0.3, 0.4) is 0 Å². The number of carbonyl (C=O) groups is 1. The average molecular weight is 200 g/mol. The van der Waals surface area contributed by atoms with E-state index in [1.165, 1.54) is 0 Å². The van der Waals surface area contributed by atoms with Crippen molar-refractivity contribution in [1.82, 2.24) is 4.98 Å². The first-order valence-corrected chi connectivity index (χ1v) is 4.38. The number of carboxylic acid groups (broad SMARTS) is 1. The normalized spacial score (nSPS) is 9.92. The first kappa shape index (κ1) is 9.99. The molecule has 0 saturated heterocycles. The van der Waals surface area contributed by atoms with Crippen molar-refractivity contribution in [1.29, 1.82) is 0 Å². The van der Waals surface area contributed by atoms with Crippen LogP contribution in [-0.2, 0) is 11.2 Å². The van der Waals surface area contributed by atoms with Gasteiger partial charge in [0.1, 0.15) is 5.15 Å². The molecule has 0 aliphatic heterocycles. The molecule has 0 bridgehead atoms. The number of aryl methyl sites for hydroxylation is 1. The molecule has 1 N–H and O–H groups in total. The monoisotopic (exact) mass is 199 g/mol. The van der Waals surface area contributed by atoms with Gasteiger partial charge in [0.25, 0.3) is 0 Å². The average Bonchev–Trinajstić information content (AvgIpc) is 2.03. The first-order chi connectivity index (χ1) is 6.18. The summed E-state index contributed by atoms with van der Waals surface area (Å²) in [5, 5.41) is 8.86. The van der Waals surface area contributed by atoms with Crippen LogP contribution in [0.4, 0.5) is 0 Å². The number of rotatable bonds is 4. The predicted octanol–water partition coefficient (Wildman–Crippen LogP) is 2.14. The van der Waals surface area contributed by atoms with Crippen molar-refractivity contribution >= 4 is 17.6 Å². The molecule has 1 heterocycles. The molecule has 1 rings (SSSR count). The molecule has 0 radical (unpaired) electrons. The van der Waals surface area contributed by atoms with E-state index in [0.29, 0.717) is 11.6 Å². The summed E-state index contributed by atoms with van der Waals surface area (Å²) < 4.78 is 0. The largest absolute Gasteiger partial charge is 0.481 e. The molecule has 1 aromatic heterocycles. The zero-order valence-electron chi connectivity index (χ0n) is 7.03. The van der Waals surface area contributed by atoms with Crippen LogP contribution in [0.5, 0.6) is 0 Å². The molecule has 3 nitrogen and oxygen atoms in total. The van der Waals surface area contributed by atoms with E-state index in [2.05, 4.69) is 4.98 Å². The van der Waals surface area contributed by atoms with Gasteiger partial charge in [-0.3, -0.25) is 4.79 Å². The number of aromatic nitrogens is 1. The quantitative estimate of drug-likeness (QED) is 0.756. The highest BCUT2D eigenvalue weighted by atomic mass is 35.5. The Kier molecular flexibility index (Phi) is 3.71. The Morgan fingerprint density at radius 3 is 3.00 bits per heavy atom. The van der Waals surface area contributed by atoms with Crippen molar-refractivity contribution in [3.8, 4) is 0 Å². The lowest BCUT2D eigenvalue weighted by Gasteiger charge is -1.98. The molecule has 0 saturated carbocycles. The van der Waals surface area contributed by atoms with E-state index >= 15 is 0 Å². The van der Waals surface area contributed by atoms with Gasteiger partial charge in [0.15, 0.2) is 0 Å². The van der Waals surface area contributed by atoms with Crippen LogP contribution < -0.4 is 0 Å². The fraction of sp³-hybridized carbons (Fsp3) is 0.333. The maximum absolute atomic E-state index is 10.2. The summed E-state index contributed by atoms with van der Waals surface area (Å²) in [6, 6.07) is 3.59. The third-order valence-corrected chi connectivity index (χ3v) is 1.85. The maximum atomic E-state index is 10.2. The van der Waals surface area contributed by atoms with Crippen LogP contribution in [0.15, 0.2) is 18.3 Å². The minimum absolute atomic E-state index is 0.194. The van der Waals surface area contributed by atoms with E-state index in [4.69, 9.17) is 16.7 Å². The summed E-state index contributed by atoms with van der Waals surface area (Å²) in [5.41, 5.74) is 1.03. The second kappa shape index (κ2) is 4.82. The van der Waals surface area contributed by atoms with Crippen LogP contribution in [-0.4, -0.2) is 16.1 Å². The predicted molar refractivity (Wildman–Crippen MR) is 49.8 cm³/mol. The third kappa shape index (κ3) is 3.90. The zero-order chi connectivity index (χ0) is 9.68. The minimum atomic E-state index is -0.764. The van der Waals surface area contributed by atoms with Gasteiger partial charge in [-0.25, -0.2) is 4.98 Å². The van der Waals surface area contributed by atoms with Gasteiger partial charge < -0.3 is 5.11 Å². The molecule has 0 unspecified atom stereocenters. The van der Waals surface area contributed by atoms with Crippen molar-refractivity contribution in [2.45, 2.75) is 19.3 Å². The molecular weight excluding hydrogens is 190 g/mol. The van der Waals surface area contributed by atoms with E-state index in [1.807, 2.05) is 6.07 Å². The number of nitrogens with zero attached hydrogens (tertiary/aromatic N) is 1. The Balaban J connectivity index is 2.41. The summed E-state index contributed by atoms with van der Waals surface area (Å²) in [4.78, 5) is 14.1. The molecule has 0 amide bonds. The first-order valence-electron chi connectivity index (χ1n) is 4.00. The van der Waals surface area contributed by atoms with Gasteiger partial charge in [-0.1, -0.05) is 11.6 Å². The molecule has 4 heteroatoms. The number of hydrogen-bond acceptors (Lipinski definition) is 2. The van der Waals surface area contributed by atoms with Gasteiger partial charge in [-0.15, -0.1) is 0 Å². The van der Waals surface area contributed by atoms with E-state index in [9.17, 15) is 4.79 Å². The van der Waals surface area contributed by atoms with Gasteiger partial charge in [-0.2, -0.15) is 0 Å². The van der Waals surface area contributed by atoms with E-state index in [0.717, 1.165) is 12.0 Å². The Morgan fingerprint density at radius 2 is 2.38 bits per heavy atom. The van der Waals surface area contributed by atoms with Gasteiger partial charge in [0, 0.05) is 12.6 Å². The molecule has 0 aliphatic rings. The van der Waals surface area contributed by atoms with Crippen molar-refractivity contribution < 1.29 is 9.90 Å². The van der Waals surface area contributed by atoms with Crippen LogP contribution in [0.2, 0.25) is 5.15 Å². The van der Waals surface area contributed by atoms with Gasteiger partial charge >= 0.3 is 5.97 Å². The molecule has 13 heavy (non-hydrogen) atoms. The number of halogens is 1. The fourth-order valence-corrected chi connectivity index (χ4v) is 1.24. The van der Waals surface area contributed by atoms with Crippen molar-refractivity contribution in [2.24, 2.45) is 0 Å². The molecule has 0 aliphatic carbocycles. The topological polar surface area (TPSA) is 50.2 Å². The highest BCUT2D eigenvalue weighted by Crippen LogP contribution is 2.09. The Bertz CT molecular complexity index is 301. The van der Waals surface area contributed by atoms with Crippen LogP contribution in [0.25, 0.3) is 0 Å². The molecule has 70 valence electrons. The summed E-state index contributed by atoms with van der Waals surface area (Å²) >= 11 is 5.66. The maximum Gasteiger partial charge on any atom is 0.303 e. The van der Waals surface area contributed by atoms with E-state index in [-0.39, 0.29) is 6.42 Å². The van der Waals surface area contributed by atoms with Crippen LogP contribution in [0, 0.1) is 0 Å². The van der Waals surface area contributed by atoms with Gasteiger partial charge in [0.2, 0.25) is 0 Å². The summed E-state index contributed by atoms with van der Waals surface area (Å²) in [5.74, 6) is -0.764. The van der Waals surface area contributed by atoms with Crippen molar-refractivity contribution in [3.05, 3.63) is 29.0 Å². The number of pyridine rings is 1. The highest BCUT2D eigenvalue weighted by Gasteiger charge is 1.98. The Hall–Kier alpha value is -1.09. The lowest BCUT2D eigenvalue weighted by Crippen LogP contribution is -1.95. The SMILES string of the molecule is O=C(O)CCCc1ccnc(Cl)c1. The van der Waals surface area contributed by atoms with Gasteiger partial charge in [0.05, 0.1) is 0 Å². The second-order valence-electron chi connectivity index (χ2n) is 2.73. The summed E-state index contributed by atoms with van der Waals surface area (Å²) in [6.07, 6.45) is 3.18. The smallest absolute Gasteiger partial charge is 0.303 e. The molecule has 0 fully saturated rings. The molecule has 0 spiro atoms. The number of hydrogen-bond donors (Lipinski definition) is 1. The summed E-state index contributed by atoms with van der Waals surface area (Å²) in [6.45, 7) is 0. The molecule has 0 atom stereocenters. The van der Waals surface area contributed by atoms with Crippen molar-refractivity contribution in [2.75, 3.05) is 0 Å². The van der Waals surface area contributed by atoms with Crippen LogP contribution in [0.1, 0.15) is 18.4 Å². The van der Waals surface area contributed by atoms with Crippen LogP contribution >= 0.6 is 11.6 Å². The molecule has 0 aromatic carbocycles. The molecular formula is C9H10ClNO2. The Labute approximate surface area is 81.4 Å². The van der Waals surface area contributed by atoms with Crippen molar-refractivity contribution in [3.63, 3.8) is 0 Å². The fourth-order valence-electron chi connectivity index (χ4n) is 1.04. The lowest BCUT2D eigenvalue weighted by atomic mass is 10.1. The van der Waals surface area contributed by atoms with Gasteiger partial charge in [-0.05, 0) is 30.5 Å².